The molecule has 13 heavy (non-hydrogen) atoms. The van der Waals surface area contributed by atoms with Gasteiger partial charge in [0.05, 0.1) is 12.9 Å². The molecule has 0 saturated heterocycles. The first kappa shape index (κ1) is 10.2. The summed E-state index contributed by atoms with van der Waals surface area (Å²) >= 11 is 1.80. The number of thioether (sulfide) groups is 1. The van der Waals surface area contributed by atoms with E-state index in [9.17, 15) is 0 Å². The number of rotatable bonds is 5. The van der Waals surface area contributed by atoms with E-state index in [-0.39, 0.29) is 0 Å². The van der Waals surface area contributed by atoms with Gasteiger partial charge in [-0.05, 0) is 25.1 Å². The van der Waals surface area contributed by atoms with Gasteiger partial charge in [0.15, 0.2) is 0 Å². The molecule has 0 radical (unpaired) electrons. The van der Waals surface area contributed by atoms with Crippen LogP contribution in [0.3, 0.4) is 0 Å². The highest BCUT2D eigenvalue weighted by molar-refractivity contribution is 7.99. The van der Waals surface area contributed by atoms with E-state index in [4.69, 9.17) is 4.74 Å². The lowest BCUT2D eigenvalue weighted by atomic mass is 10.4. The quantitative estimate of drug-likeness (QED) is 0.525. The highest BCUT2D eigenvalue weighted by atomic mass is 32.2. The van der Waals surface area contributed by atoms with Crippen molar-refractivity contribution in [2.45, 2.75) is 11.8 Å². The van der Waals surface area contributed by atoms with Gasteiger partial charge in [-0.3, -0.25) is 0 Å². The topological polar surface area (TPSA) is 9.23 Å². The summed E-state index contributed by atoms with van der Waals surface area (Å²) in [4.78, 5) is 1.30. The highest BCUT2D eigenvalue weighted by Crippen LogP contribution is 2.16. The first-order valence-electron chi connectivity index (χ1n) is 4.38. The molecule has 0 N–H and O–H groups in total. The maximum atomic E-state index is 5.08. The molecule has 1 aromatic rings. The summed E-state index contributed by atoms with van der Waals surface area (Å²) in [6.07, 6.45) is 3.79. The number of ether oxygens (including phenoxy) is 1. The molecule has 1 aromatic carbocycles. The second-order valence-electron chi connectivity index (χ2n) is 2.45. The monoisotopic (exact) mass is 194 g/mol. The van der Waals surface area contributed by atoms with E-state index in [0.29, 0.717) is 0 Å². The van der Waals surface area contributed by atoms with Crippen LogP contribution in [-0.4, -0.2) is 12.4 Å². The molecule has 1 rings (SSSR count). The minimum atomic E-state index is 0.743. The fourth-order valence-electron chi connectivity index (χ4n) is 0.865. The number of hydrogen-bond acceptors (Lipinski definition) is 2. The molecule has 0 saturated carbocycles. The fraction of sp³-hybridized carbons (Fsp3) is 0.273. The van der Waals surface area contributed by atoms with Crippen LogP contribution < -0.4 is 0 Å². The van der Waals surface area contributed by atoms with E-state index in [2.05, 4.69) is 24.3 Å². The Hall–Kier alpha value is -0.890. The molecule has 0 amide bonds. The smallest absolute Gasteiger partial charge is 0.0845 e. The van der Waals surface area contributed by atoms with Gasteiger partial charge in [0.25, 0.3) is 0 Å². The second kappa shape index (κ2) is 6.61. The molecule has 0 atom stereocenters. The van der Waals surface area contributed by atoms with Crippen LogP contribution >= 0.6 is 11.8 Å². The lowest BCUT2D eigenvalue weighted by Gasteiger charge is -1.96. The average Bonchev–Trinajstić information content (AvgIpc) is 2.19. The van der Waals surface area contributed by atoms with Crippen molar-refractivity contribution in [1.82, 2.24) is 0 Å². The van der Waals surface area contributed by atoms with Gasteiger partial charge in [-0.1, -0.05) is 18.2 Å². The molecule has 1 nitrogen and oxygen atoms in total. The van der Waals surface area contributed by atoms with Crippen molar-refractivity contribution >= 4 is 11.8 Å². The predicted molar refractivity (Wildman–Crippen MR) is 57.9 cm³/mol. The Morgan fingerprint density at radius 3 is 2.77 bits per heavy atom. The molecular formula is C11H14OS. The fourth-order valence-corrected chi connectivity index (χ4v) is 1.58. The van der Waals surface area contributed by atoms with Crippen LogP contribution in [-0.2, 0) is 4.74 Å². The van der Waals surface area contributed by atoms with Crippen LogP contribution in [0.15, 0.2) is 47.6 Å². The molecule has 0 fully saturated rings. The summed E-state index contributed by atoms with van der Waals surface area (Å²) < 4.78 is 5.08. The summed E-state index contributed by atoms with van der Waals surface area (Å²) in [5.41, 5.74) is 0. The van der Waals surface area contributed by atoms with Crippen molar-refractivity contribution < 1.29 is 4.74 Å². The van der Waals surface area contributed by atoms with E-state index in [1.165, 1.54) is 4.90 Å². The molecule has 0 aliphatic rings. The van der Waals surface area contributed by atoms with E-state index >= 15 is 0 Å². The molecule has 0 bridgehead atoms. The second-order valence-corrected chi connectivity index (χ2v) is 3.54. The number of benzene rings is 1. The zero-order valence-corrected chi connectivity index (χ0v) is 8.59. The lowest BCUT2D eigenvalue weighted by molar-refractivity contribution is 0.269. The van der Waals surface area contributed by atoms with E-state index < -0.39 is 0 Å². The summed E-state index contributed by atoms with van der Waals surface area (Å²) in [6, 6.07) is 10.3. The molecule has 0 spiro atoms. The molecule has 0 aliphatic carbocycles. The average molecular weight is 194 g/mol. The van der Waals surface area contributed by atoms with Crippen LogP contribution in [0, 0.1) is 0 Å². The minimum Gasteiger partial charge on any atom is -0.502 e. The van der Waals surface area contributed by atoms with Crippen molar-refractivity contribution in [3.8, 4) is 0 Å². The van der Waals surface area contributed by atoms with Crippen molar-refractivity contribution in [3.63, 3.8) is 0 Å². The maximum absolute atomic E-state index is 5.08. The van der Waals surface area contributed by atoms with E-state index in [1.807, 2.05) is 19.1 Å². The van der Waals surface area contributed by atoms with Gasteiger partial charge in [-0.2, -0.15) is 0 Å². The first-order valence-corrected chi connectivity index (χ1v) is 5.36. The van der Waals surface area contributed by atoms with Crippen molar-refractivity contribution in [2.75, 3.05) is 12.4 Å². The zero-order valence-electron chi connectivity index (χ0n) is 7.77. The first-order chi connectivity index (χ1) is 6.43. The Bertz CT molecular complexity index is 244. The van der Waals surface area contributed by atoms with E-state index in [0.717, 1.165) is 12.4 Å². The van der Waals surface area contributed by atoms with Gasteiger partial charge < -0.3 is 4.74 Å². The summed E-state index contributed by atoms with van der Waals surface area (Å²) in [5, 5.41) is 0. The largest absolute Gasteiger partial charge is 0.502 e. The zero-order chi connectivity index (χ0) is 9.36. The summed E-state index contributed by atoms with van der Waals surface area (Å²) in [5.74, 6) is 0.962. The van der Waals surface area contributed by atoms with Gasteiger partial charge in [-0.25, -0.2) is 0 Å². The lowest BCUT2D eigenvalue weighted by Crippen LogP contribution is -1.78. The third kappa shape index (κ3) is 4.63. The van der Waals surface area contributed by atoms with E-state index in [1.54, 1.807) is 18.0 Å². The predicted octanol–water partition coefficient (Wildman–Crippen LogP) is 3.33. The Balaban J connectivity index is 2.20. The summed E-state index contributed by atoms with van der Waals surface area (Å²) in [7, 11) is 0. The molecule has 2 heteroatoms. The Kier molecular flexibility index (Phi) is 5.18. The van der Waals surface area contributed by atoms with Crippen LogP contribution in [0.25, 0.3) is 0 Å². The van der Waals surface area contributed by atoms with Crippen LogP contribution in [0.4, 0.5) is 0 Å². The van der Waals surface area contributed by atoms with Crippen LogP contribution in [0.1, 0.15) is 6.92 Å². The van der Waals surface area contributed by atoms with Gasteiger partial charge in [0.2, 0.25) is 0 Å². The number of hydrogen-bond donors (Lipinski definition) is 0. The standard InChI is InChI=1S/C11H14OS/c1-2-12-9-6-10-13-11-7-4-3-5-8-11/h3-9H,2,10H2,1H3. The Labute approximate surface area is 83.8 Å². The van der Waals surface area contributed by atoms with Gasteiger partial charge in [-0.15, -0.1) is 11.8 Å². The normalized spacial score (nSPS) is 10.5. The molecule has 0 unspecified atom stereocenters. The van der Waals surface area contributed by atoms with Crippen molar-refractivity contribution in [1.29, 1.82) is 0 Å². The van der Waals surface area contributed by atoms with Gasteiger partial charge in [0.1, 0.15) is 0 Å². The summed E-state index contributed by atoms with van der Waals surface area (Å²) in [6.45, 7) is 2.72. The third-order valence-electron chi connectivity index (χ3n) is 1.45. The van der Waals surface area contributed by atoms with Crippen LogP contribution in [0.2, 0.25) is 0 Å². The molecule has 0 heterocycles. The SMILES string of the molecule is CCOC=CCSc1ccccc1. The maximum Gasteiger partial charge on any atom is 0.0845 e. The highest BCUT2D eigenvalue weighted by Gasteiger charge is 1.87. The molecule has 0 aromatic heterocycles. The minimum absolute atomic E-state index is 0.743. The van der Waals surface area contributed by atoms with Gasteiger partial charge in [0, 0.05) is 10.6 Å². The molecular weight excluding hydrogens is 180 g/mol. The van der Waals surface area contributed by atoms with Gasteiger partial charge >= 0.3 is 0 Å². The third-order valence-corrected chi connectivity index (χ3v) is 2.41. The van der Waals surface area contributed by atoms with Crippen molar-refractivity contribution in [2.24, 2.45) is 0 Å². The Morgan fingerprint density at radius 2 is 2.08 bits per heavy atom. The van der Waals surface area contributed by atoms with Crippen molar-refractivity contribution in [3.05, 3.63) is 42.7 Å². The molecule has 0 aliphatic heterocycles. The Morgan fingerprint density at radius 1 is 1.31 bits per heavy atom. The van der Waals surface area contributed by atoms with Crippen LogP contribution in [0.5, 0.6) is 0 Å². The molecule has 70 valence electrons.